The number of hydrogen-bond acceptors (Lipinski definition) is 6. The van der Waals surface area contributed by atoms with Gasteiger partial charge >= 0.3 is 0 Å². The van der Waals surface area contributed by atoms with E-state index in [0.29, 0.717) is 35.4 Å². The molecule has 202 valence electrons. The van der Waals surface area contributed by atoms with Crippen LogP contribution in [0.2, 0.25) is 0 Å². The summed E-state index contributed by atoms with van der Waals surface area (Å²) in [5.74, 6) is -3.64. The summed E-state index contributed by atoms with van der Waals surface area (Å²) < 4.78 is 5.77. The monoisotopic (exact) mass is 599 g/mol. The molecule has 0 aromatic heterocycles. The summed E-state index contributed by atoms with van der Waals surface area (Å²) in [5, 5.41) is 11.2. The van der Waals surface area contributed by atoms with Crippen LogP contribution in [0.3, 0.4) is 0 Å². The van der Waals surface area contributed by atoms with Gasteiger partial charge in [-0.05, 0) is 65.4 Å². The fraction of sp³-hybridized carbons (Fsp3) is 0.250. The Morgan fingerprint density at radius 2 is 1.82 bits per heavy atom. The van der Waals surface area contributed by atoms with E-state index < -0.39 is 23.7 Å². The number of allylic oxidation sites excluding steroid dienone is 6. The lowest BCUT2D eigenvalue weighted by Gasteiger charge is -2.42. The molecule has 1 fully saturated rings. The lowest BCUT2D eigenvalue weighted by Crippen LogP contribution is -2.39. The van der Waals surface area contributed by atoms with E-state index in [1.165, 1.54) is 11.0 Å². The Hall–Kier alpha value is -4.04. The minimum absolute atomic E-state index is 0.114. The number of ketones is 2. The maximum atomic E-state index is 14.0. The first-order valence-corrected chi connectivity index (χ1v) is 14.0. The molecular weight excluding hydrogens is 574 g/mol. The number of carbonyl (C=O) groups is 4. The number of hydrogen-bond donors (Lipinski definition) is 1. The van der Waals surface area contributed by atoms with Crippen molar-refractivity contribution in [1.82, 2.24) is 0 Å². The van der Waals surface area contributed by atoms with Gasteiger partial charge in [0.25, 0.3) is 0 Å². The van der Waals surface area contributed by atoms with Crippen LogP contribution in [0.25, 0.3) is 6.08 Å². The molecule has 1 N–H and O–H groups in total. The zero-order chi connectivity index (χ0) is 28.3. The molecule has 1 aliphatic heterocycles. The predicted octanol–water partition coefficient (Wildman–Crippen LogP) is 5.40. The second-order valence-electron chi connectivity index (χ2n) is 10.3. The number of imide groups is 1. The fourth-order valence-electron chi connectivity index (χ4n) is 6.62. The second kappa shape index (κ2) is 9.86. The molecule has 3 aliphatic carbocycles. The number of Topliss-reactive ketones (excluding diaryl/α,β-unsaturated/α-hetero) is 1. The van der Waals surface area contributed by atoms with Gasteiger partial charge in [0.15, 0.2) is 23.1 Å². The highest BCUT2D eigenvalue weighted by Crippen LogP contribution is 2.57. The van der Waals surface area contributed by atoms with Gasteiger partial charge in [0.1, 0.15) is 0 Å². The first-order chi connectivity index (χ1) is 19.3. The van der Waals surface area contributed by atoms with Crippen LogP contribution in [0.1, 0.15) is 36.8 Å². The molecule has 4 atom stereocenters. The largest absolute Gasteiger partial charge is 0.504 e. The van der Waals surface area contributed by atoms with Gasteiger partial charge in [0.05, 0.1) is 28.6 Å². The van der Waals surface area contributed by atoms with Crippen molar-refractivity contribution < 1.29 is 29.0 Å². The molecule has 6 rings (SSSR count). The Morgan fingerprint density at radius 3 is 2.52 bits per heavy atom. The third-order valence-electron chi connectivity index (χ3n) is 8.36. The first kappa shape index (κ1) is 26.2. The quantitative estimate of drug-likeness (QED) is 0.280. The number of halogens is 1. The normalized spacial score (nSPS) is 25.7. The number of nitrogens with zero attached hydrogens (tertiary/aromatic N) is 1. The maximum Gasteiger partial charge on any atom is 0.238 e. The number of fused-ring (bicyclic) bond motifs is 3. The predicted molar refractivity (Wildman–Crippen MR) is 153 cm³/mol. The first-order valence-electron chi connectivity index (χ1n) is 13.2. The van der Waals surface area contributed by atoms with Gasteiger partial charge in [-0.25, -0.2) is 0 Å². The van der Waals surface area contributed by atoms with Crippen molar-refractivity contribution in [2.45, 2.75) is 25.7 Å². The standard InChI is InChI=1S/C32H26BrNO6/c1-3-16-8-10-17(11-9-16)34-31(38)20-13-12-18-21(27(20)32(34)39)14-22-28(24(35)15-23(33)29(22)36)26(18)19-6-5-7-25(30(19)37)40-4-2/h3,5-12,15,20-21,26-27,37H,1,4,13-14H2,2H3/t20-,21+,26+,27-/m0/s1. The van der Waals surface area contributed by atoms with Crippen molar-refractivity contribution in [1.29, 1.82) is 0 Å². The van der Waals surface area contributed by atoms with E-state index in [1.54, 1.807) is 55.5 Å². The van der Waals surface area contributed by atoms with Gasteiger partial charge in [0.2, 0.25) is 11.8 Å². The average molecular weight is 600 g/mol. The van der Waals surface area contributed by atoms with E-state index in [0.717, 1.165) is 11.1 Å². The molecule has 8 heteroatoms. The molecule has 2 aromatic rings. The summed E-state index contributed by atoms with van der Waals surface area (Å²) in [6.45, 7) is 5.89. The highest BCUT2D eigenvalue weighted by atomic mass is 79.9. The highest BCUT2D eigenvalue weighted by molar-refractivity contribution is 9.12. The van der Waals surface area contributed by atoms with Crippen LogP contribution in [-0.4, -0.2) is 35.1 Å². The Morgan fingerprint density at radius 1 is 1.07 bits per heavy atom. The van der Waals surface area contributed by atoms with E-state index in [1.807, 2.05) is 6.08 Å². The van der Waals surface area contributed by atoms with Crippen LogP contribution in [0.5, 0.6) is 11.5 Å². The fourth-order valence-corrected chi connectivity index (χ4v) is 7.07. The maximum absolute atomic E-state index is 14.0. The number of phenols is 1. The Bertz CT molecular complexity index is 1600. The van der Waals surface area contributed by atoms with Crippen LogP contribution in [-0.2, 0) is 19.2 Å². The molecule has 0 radical (unpaired) electrons. The Kier molecular flexibility index (Phi) is 6.45. The molecule has 7 nitrogen and oxygen atoms in total. The van der Waals surface area contributed by atoms with Gasteiger partial charge in [-0.2, -0.15) is 0 Å². The number of amides is 2. The minimum atomic E-state index is -0.757. The topological polar surface area (TPSA) is 101 Å². The summed E-state index contributed by atoms with van der Waals surface area (Å²) >= 11 is 3.23. The highest BCUT2D eigenvalue weighted by Gasteiger charge is 2.57. The van der Waals surface area contributed by atoms with Gasteiger partial charge < -0.3 is 9.84 Å². The molecule has 0 spiro atoms. The van der Waals surface area contributed by atoms with Crippen LogP contribution in [0.15, 0.2) is 82.4 Å². The molecule has 1 heterocycles. The molecule has 40 heavy (non-hydrogen) atoms. The van der Waals surface area contributed by atoms with E-state index >= 15 is 0 Å². The van der Waals surface area contributed by atoms with Crippen LogP contribution < -0.4 is 9.64 Å². The number of anilines is 1. The molecule has 2 amide bonds. The number of benzene rings is 2. The van der Waals surface area contributed by atoms with Crippen molar-refractivity contribution in [3.8, 4) is 11.5 Å². The summed E-state index contributed by atoms with van der Waals surface area (Å²) in [7, 11) is 0. The van der Waals surface area contributed by atoms with E-state index in [-0.39, 0.29) is 45.8 Å². The minimum Gasteiger partial charge on any atom is -0.504 e. The summed E-state index contributed by atoms with van der Waals surface area (Å²) in [5.41, 5.74) is 3.15. The number of rotatable bonds is 5. The van der Waals surface area contributed by atoms with E-state index in [9.17, 15) is 24.3 Å². The zero-order valence-corrected chi connectivity index (χ0v) is 23.3. The van der Waals surface area contributed by atoms with Crippen LogP contribution >= 0.6 is 15.9 Å². The number of para-hydroxylation sites is 1. The third kappa shape index (κ3) is 3.84. The molecule has 0 bridgehead atoms. The summed E-state index contributed by atoms with van der Waals surface area (Å²) in [6, 6.07) is 12.1. The number of ether oxygens (including phenoxy) is 1. The van der Waals surface area contributed by atoms with Crippen LogP contribution in [0, 0.1) is 17.8 Å². The third-order valence-corrected chi connectivity index (χ3v) is 8.95. The Balaban J connectivity index is 1.48. The summed E-state index contributed by atoms with van der Waals surface area (Å²) in [4.78, 5) is 55.6. The number of aromatic hydroxyl groups is 1. The van der Waals surface area contributed by atoms with Gasteiger partial charge in [-0.3, -0.25) is 24.1 Å². The zero-order valence-electron chi connectivity index (χ0n) is 21.7. The van der Waals surface area contributed by atoms with Gasteiger partial charge in [-0.15, -0.1) is 0 Å². The van der Waals surface area contributed by atoms with Crippen molar-refractivity contribution in [3.05, 3.63) is 93.5 Å². The number of carbonyl (C=O) groups excluding carboxylic acids is 4. The van der Waals surface area contributed by atoms with Crippen molar-refractivity contribution in [2.24, 2.45) is 17.8 Å². The molecule has 4 aliphatic rings. The molecule has 0 saturated carbocycles. The molecule has 1 saturated heterocycles. The van der Waals surface area contributed by atoms with E-state index in [2.05, 4.69) is 22.5 Å². The smallest absolute Gasteiger partial charge is 0.238 e. The summed E-state index contributed by atoms with van der Waals surface area (Å²) in [6.07, 6.45) is 5.35. The lowest BCUT2D eigenvalue weighted by atomic mass is 9.59. The number of phenolic OH excluding ortho intramolecular Hbond substituents is 1. The molecule has 2 aromatic carbocycles. The van der Waals surface area contributed by atoms with Crippen molar-refractivity contribution in [2.75, 3.05) is 11.5 Å². The molecule has 0 unspecified atom stereocenters. The van der Waals surface area contributed by atoms with Crippen LogP contribution in [0.4, 0.5) is 5.69 Å². The lowest BCUT2D eigenvalue weighted by molar-refractivity contribution is -0.123. The van der Waals surface area contributed by atoms with Gasteiger partial charge in [0, 0.05) is 28.7 Å². The van der Waals surface area contributed by atoms with E-state index in [4.69, 9.17) is 4.74 Å². The van der Waals surface area contributed by atoms with Gasteiger partial charge in [-0.1, -0.05) is 48.6 Å². The Labute approximate surface area is 239 Å². The molecular formula is C32H26BrNO6. The van der Waals surface area contributed by atoms with Crippen molar-refractivity contribution >= 4 is 51.1 Å². The SMILES string of the molecule is C=Cc1ccc(N2C(=O)[C@H]3[C@H](CC=C4[C@H](c5cccc(OCC)c5O)C5=C(C[C@H]43)C(=O)C(Br)=CC5=O)C2=O)cc1. The van der Waals surface area contributed by atoms with Crippen molar-refractivity contribution in [3.63, 3.8) is 0 Å². The second-order valence-corrected chi connectivity index (χ2v) is 11.2. The average Bonchev–Trinajstić information content (AvgIpc) is 3.21.